The van der Waals surface area contributed by atoms with E-state index in [4.69, 9.17) is 0 Å². The lowest BCUT2D eigenvalue weighted by atomic mass is 9.89. The van der Waals surface area contributed by atoms with Crippen LogP contribution in [0.4, 0.5) is 20.3 Å². The lowest BCUT2D eigenvalue weighted by Gasteiger charge is -2.41. The van der Waals surface area contributed by atoms with Gasteiger partial charge in [-0.2, -0.15) is 8.78 Å². The van der Waals surface area contributed by atoms with Crippen LogP contribution in [0, 0.1) is 18.8 Å². The molecule has 2 aromatic heterocycles. The number of piperidine rings is 2. The lowest BCUT2D eigenvalue weighted by molar-refractivity contribution is -0.149. The molecule has 0 saturated carbocycles. The van der Waals surface area contributed by atoms with Crippen LogP contribution in [-0.4, -0.2) is 103 Å². The van der Waals surface area contributed by atoms with Gasteiger partial charge in [-0.05, 0) is 67.8 Å². The van der Waals surface area contributed by atoms with Gasteiger partial charge in [0, 0.05) is 67.2 Å². The number of aryl methyl sites for hydroxylation is 1. The number of alkyl halides is 2. The highest BCUT2D eigenvalue weighted by Gasteiger charge is 2.39. The van der Waals surface area contributed by atoms with Gasteiger partial charge in [-0.1, -0.05) is 0 Å². The summed E-state index contributed by atoms with van der Waals surface area (Å²) in [7, 11) is 0. The number of amides is 2. The minimum absolute atomic E-state index is 0.0240. The number of β-amino-alcohol motifs (C(OH)–C–C–N with tert-alkyl or cyclic N) is 1. The summed E-state index contributed by atoms with van der Waals surface area (Å²) in [6.45, 7) is -0.335. The van der Waals surface area contributed by atoms with Gasteiger partial charge in [-0.15, -0.1) is 0 Å². The normalized spacial score (nSPS) is 20.5. The molecule has 12 nitrogen and oxygen atoms in total. The van der Waals surface area contributed by atoms with E-state index in [-0.39, 0.29) is 43.2 Å². The van der Waals surface area contributed by atoms with Crippen molar-refractivity contribution < 1.29 is 38.4 Å². The standard InChI is InChI=1S/C33H36F2N6O6/c1-19-14-23(38-29-30-37-15-26(41(30)13-10-36-29)20-2-5-24(6-3-20)47-33(34)35)4-7-25(19)32(46)39-11-8-21(9-12-39)31(45)40-16-22(18-42)28(44)27(43)17-40/h2-7,10,13-15,21-22,27-28,33,42-44H,8-9,11-12,16-18H2,1H3,(H,36,38)/t22-,27-,28?/m1/s1. The number of rotatable bonds is 8. The first kappa shape index (κ1) is 32.3. The number of nitrogens with one attached hydrogen (secondary N) is 1. The molecule has 2 aliphatic heterocycles. The van der Waals surface area contributed by atoms with E-state index in [0.717, 1.165) is 16.8 Å². The van der Waals surface area contributed by atoms with E-state index in [1.807, 2.05) is 17.4 Å². The number of ether oxygens (including phenoxy) is 1. The Morgan fingerprint density at radius 2 is 1.79 bits per heavy atom. The summed E-state index contributed by atoms with van der Waals surface area (Å²) < 4.78 is 31.3. The molecule has 4 aromatic rings. The first-order valence-electron chi connectivity index (χ1n) is 15.4. The summed E-state index contributed by atoms with van der Waals surface area (Å²) in [5, 5.41) is 33.0. The van der Waals surface area contributed by atoms with Crippen LogP contribution in [0.1, 0.15) is 28.8 Å². The van der Waals surface area contributed by atoms with Crippen molar-refractivity contribution in [3.05, 3.63) is 72.2 Å². The second-order valence-corrected chi connectivity index (χ2v) is 12.0. The molecule has 2 aromatic carbocycles. The Bertz CT molecular complexity index is 1740. The molecule has 4 heterocycles. The van der Waals surface area contributed by atoms with Crippen LogP contribution in [0.3, 0.4) is 0 Å². The molecule has 2 saturated heterocycles. The summed E-state index contributed by atoms with van der Waals surface area (Å²) >= 11 is 0. The molecule has 2 amide bonds. The number of imidazole rings is 1. The minimum Gasteiger partial charge on any atom is -0.435 e. The predicted molar refractivity (Wildman–Crippen MR) is 167 cm³/mol. The maximum absolute atomic E-state index is 13.5. The van der Waals surface area contributed by atoms with Gasteiger partial charge in [0.1, 0.15) is 5.75 Å². The number of carbonyl (C=O) groups excluding carboxylic acids is 2. The number of hydrogen-bond donors (Lipinski definition) is 4. The number of carbonyl (C=O) groups is 2. The number of benzene rings is 2. The fraction of sp³-hybridized carbons (Fsp3) is 0.394. The van der Waals surface area contributed by atoms with Crippen LogP contribution < -0.4 is 10.1 Å². The van der Waals surface area contributed by atoms with Crippen molar-refractivity contribution in [2.24, 2.45) is 11.8 Å². The van der Waals surface area contributed by atoms with Gasteiger partial charge in [0.2, 0.25) is 5.91 Å². The Balaban J connectivity index is 1.09. The van der Waals surface area contributed by atoms with Crippen molar-refractivity contribution >= 4 is 29.0 Å². The molecule has 1 unspecified atom stereocenters. The molecule has 248 valence electrons. The largest absolute Gasteiger partial charge is 0.435 e. The topological polar surface area (TPSA) is 153 Å². The number of halogens is 2. The van der Waals surface area contributed by atoms with Crippen LogP contribution >= 0.6 is 0 Å². The summed E-state index contributed by atoms with van der Waals surface area (Å²) in [4.78, 5) is 38.8. The Hall–Kier alpha value is -4.66. The number of hydrogen-bond acceptors (Lipinski definition) is 9. The van der Waals surface area contributed by atoms with E-state index in [0.29, 0.717) is 48.6 Å². The Morgan fingerprint density at radius 3 is 2.47 bits per heavy atom. The Labute approximate surface area is 269 Å². The third kappa shape index (κ3) is 6.75. The van der Waals surface area contributed by atoms with Crippen molar-refractivity contribution in [1.29, 1.82) is 0 Å². The molecule has 0 bridgehead atoms. The average molecular weight is 651 g/mol. The van der Waals surface area contributed by atoms with Gasteiger partial charge >= 0.3 is 6.61 Å². The zero-order chi connectivity index (χ0) is 33.2. The molecule has 0 radical (unpaired) electrons. The Morgan fingerprint density at radius 1 is 1.04 bits per heavy atom. The summed E-state index contributed by atoms with van der Waals surface area (Å²) in [6.07, 6.45) is 3.84. The third-order valence-electron chi connectivity index (χ3n) is 8.94. The summed E-state index contributed by atoms with van der Waals surface area (Å²) in [6, 6.07) is 11.7. The minimum atomic E-state index is -2.90. The van der Waals surface area contributed by atoms with Gasteiger partial charge in [0.15, 0.2) is 11.5 Å². The van der Waals surface area contributed by atoms with Gasteiger partial charge < -0.3 is 35.2 Å². The maximum Gasteiger partial charge on any atom is 0.387 e. The molecule has 2 fully saturated rings. The van der Waals surface area contributed by atoms with Crippen molar-refractivity contribution in [2.45, 2.75) is 38.6 Å². The average Bonchev–Trinajstić information content (AvgIpc) is 3.51. The van der Waals surface area contributed by atoms with Crippen molar-refractivity contribution in [3.8, 4) is 17.0 Å². The number of anilines is 2. The monoisotopic (exact) mass is 650 g/mol. The number of aliphatic hydroxyl groups is 3. The number of aliphatic hydroxyl groups excluding tert-OH is 3. The molecule has 0 spiro atoms. The lowest BCUT2D eigenvalue weighted by Crippen LogP contribution is -2.57. The highest BCUT2D eigenvalue weighted by atomic mass is 19.3. The number of fused-ring (bicyclic) bond motifs is 1. The zero-order valence-electron chi connectivity index (χ0n) is 25.7. The molecular formula is C33H36F2N6O6. The van der Waals surface area contributed by atoms with E-state index in [1.165, 1.54) is 17.0 Å². The van der Waals surface area contributed by atoms with Crippen molar-refractivity contribution in [3.63, 3.8) is 0 Å². The number of aromatic nitrogens is 3. The first-order valence-corrected chi connectivity index (χ1v) is 15.4. The third-order valence-corrected chi connectivity index (χ3v) is 8.94. The van der Waals surface area contributed by atoms with Gasteiger partial charge in [-0.25, -0.2) is 9.97 Å². The van der Waals surface area contributed by atoms with E-state index in [9.17, 15) is 33.7 Å². The quantitative estimate of drug-likeness (QED) is 0.225. The van der Waals surface area contributed by atoms with Gasteiger partial charge in [0.25, 0.3) is 5.91 Å². The second kappa shape index (κ2) is 13.6. The molecule has 14 heteroatoms. The van der Waals surface area contributed by atoms with E-state index < -0.39 is 24.7 Å². The van der Waals surface area contributed by atoms with E-state index in [2.05, 4.69) is 20.0 Å². The van der Waals surface area contributed by atoms with Gasteiger partial charge in [-0.3, -0.25) is 14.0 Å². The van der Waals surface area contributed by atoms with E-state index >= 15 is 0 Å². The fourth-order valence-corrected chi connectivity index (χ4v) is 6.36. The highest BCUT2D eigenvalue weighted by Crippen LogP contribution is 2.29. The van der Waals surface area contributed by atoms with Crippen molar-refractivity contribution in [2.75, 3.05) is 38.1 Å². The van der Waals surface area contributed by atoms with Crippen LogP contribution in [0.2, 0.25) is 0 Å². The SMILES string of the molecule is Cc1cc(Nc2nccn3c(-c4ccc(OC(F)F)cc4)cnc23)ccc1C(=O)N1CCC(C(=O)N2C[C@H](CO)C(O)[C@H](O)C2)CC1. The van der Waals surface area contributed by atoms with Crippen LogP contribution in [0.5, 0.6) is 5.75 Å². The highest BCUT2D eigenvalue weighted by molar-refractivity contribution is 5.96. The zero-order valence-corrected chi connectivity index (χ0v) is 25.7. The fourth-order valence-electron chi connectivity index (χ4n) is 6.36. The van der Waals surface area contributed by atoms with Crippen LogP contribution in [0.25, 0.3) is 16.9 Å². The molecular weight excluding hydrogens is 614 g/mol. The number of likely N-dealkylation sites (tertiary alicyclic amines) is 2. The maximum atomic E-state index is 13.5. The smallest absolute Gasteiger partial charge is 0.387 e. The number of nitrogens with zero attached hydrogens (tertiary/aromatic N) is 5. The predicted octanol–water partition coefficient (Wildman–Crippen LogP) is 3.07. The Kier molecular flexibility index (Phi) is 9.34. The van der Waals surface area contributed by atoms with Crippen LogP contribution in [-0.2, 0) is 4.79 Å². The first-order chi connectivity index (χ1) is 22.6. The van der Waals surface area contributed by atoms with Crippen LogP contribution in [0.15, 0.2) is 61.1 Å². The summed E-state index contributed by atoms with van der Waals surface area (Å²) in [5.41, 5.74) is 4.05. The molecule has 47 heavy (non-hydrogen) atoms. The second-order valence-electron chi connectivity index (χ2n) is 12.0. The molecule has 2 aliphatic rings. The van der Waals surface area contributed by atoms with E-state index in [1.54, 1.807) is 47.8 Å². The van der Waals surface area contributed by atoms with Gasteiger partial charge in [0.05, 0.1) is 30.7 Å². The molecule has 0 aliphatic carbocycles. The molecule has 4 N–H and O–H groups in total. The molecule has 6 rings (SSSR count). The summed E-state index contributed by atoms with van der Waals surface area (Å²) in [5.74, 6) is -0.590. The molecule has 3 atom stereocenters. The van der Waals surface area contributed by atoms with Crippen molar-refractivity contribution in [1.82, 2.24) is 24.2 Å².